The monoisotopic (exact) mass is 384 g/mol. The molecule has 0 radical (unpaired) electrons. The Morgan fingerprint density at radius 1 is 1.11 bits per heavy atom. The van der Waals surface area contributed by atoms with Crippen LogP contribution in [0.2, 0.25) is 0 Å². The molecule has 0 unspecified atom stereocenters. The summed E-state index contributed by atoms with van der Waals surface area (Å²) in [5.74, 6) is 0.875. The van der Waals surface area contributed by atoms with Crippen molar-refractivity contribution >= 4 is 18.0 Å². The van der Waals surface area contributed by atoms with Crippen LogP contribution in [0.5, 0.6) is 0 Å². The van der Waals surface area contributed by atoms with Crippen molar-refractivity contribution in [3.63, 3.8) is 0 Å². The van der Waals surface area contributed by atoms with Crippen molar-refractivity contribution in [2.45, 2.75) is 84.2 Å². The van der Waals surface area contributed by atoms with E-state index in [1.165, 1.54) is 11.9 Å². The molecule has 4 aliphatic carbocycles. The van der Waals surface area contributed by atoms with E-state index in [1.807, 2.05) is 0 Å². The van der Waals surface area contributed by atoms with Crippen LogP contribution in [-0.2, 0) is 19.1 Å². The topological polar surface area (TPSA) is 60.4 Å². The molecule has 5 aliphatic rings. The quantitative estimate of drug-likeness (QED) is 0.382. The number of ketones is 1. The fourth-order valence-corrected chi connectivity index (χ4v) is 8.22. The lowest BCUT2D eigenvalue weighted by Gasteiger charge is -2.62. The number of aldehydes is 1. The van der Waals surface area contributed by atoms with Gasteiger partial charge in [-0.05, 0) is 61.2 Å². The normalized spacial score (nSPS) is 52.5. The van der Waals surface area contributed by atoms with Crippen LogP contribution in [0.1, 0.15) is 78.6 Å². The molecule has 0 amide bonds. The molecular weight excluding hydrogens is 352 g/mol. The van der Waals surface area contributed by atoms with E-state index >= 15 is 0 Å². The molecular formula is C24H32O4. The number of ether oxygens (including phenoxy) is 1. The maximum atomic E-state index is 12.3. The molecule has 152 valence electrons. The number of allylic oxidation sites excluding steroid dienone is 2. The molecule has 1 spiro atoms. The molecule has 1 heterocycles. The summed E-state index contributed by atoms with van der Waals surface area (Å²) in [4.78, 5) is 36.6. The van der Waals surface area contributed by atoms with Gasteiger partial charge >= 0.3 is 5.97 Å². The zero-order chi connectivity index (χ0) is 19.9. The summed E-state index contributed by atoms with van der Waals surface area (Å²) in [7, 11) is 0. The Morgan fingerprint density at radius 3 is 2.57 bits per heavy atom. The minimum absolute atomic E-state index is 0.00543. The molecule has 4 nitrogen and oxygen atoms in total. The SMILES string of the molecule is C[C@]12CC(=O)CC[C@]1(C)C1=CC[C@@]3(C)[C@@H](CC[C@@]34CCC(=O)O4)[C@@H]1[C@H](C=O)C2. The summed E-state index contributed by atoms with van der Waals surface area (Å²) in [6.07, 6.45) is 10.8. The highest BCUT2D eigenvalue weighted by molar-refractivity contribution is 5.81. The summed E-state index contributed by atoms with van der Waals surface area (Å²) in [6, 6.07) is 0. The maximum absolute atomic E-state index is 12.3. The third-order valence-corrected chi connectivity index (χ3v) is 10.1. The number of hydrogen-bond acceptors (Lipinski definition) is 4. The Kier molecular flexibility index (Phi) is 3.70. The molecule has 5 rings (SSSR count). The second-order valence-electron chi connectivity index (χ2n) is 11.0. The van der Waals surface area contributed by atoms with E-state index in [1.54, 1.807) is 0 Å². The van der Waals surface area contributed by atoms with Gasteiger partial charge in [-0.15, -0.1) is 0 Å². The number of carbonyl (C=O) groups is 3. The second kappa shape index (κ2) is 5.58. The third-order valence-electron chi connectivity index (χ3n) is 10.1. The smallest absolute Gasteiger partial charge is 0.306 e. The largest absolute Gasteiger partial charge is 0.458 e. The molecule has 3 saturated carbocycles. The van der Waals surface area contributed by atoms with E-state index < -0.39 is 0 Å². The predicted octanol–water partition coefficient (Wildman–Crippen LogP) is 4.41. The Morgan fingerprint density at radius 2 is 1.89 bits per heavy atom. The Bertz CT molecular complexity index is 798. The van der Waals surface area contributed by atoms with Gasteiger partial charge in [-0.25, -0.2) is 0 Å². The molecule has 1 aliphatic heterocycles. The fraction of sp³-hybridized carbons (Fsp3) is 0.792. The van der Waals surface area contributed by atoms with Gasteiger partial charge in [0.05, 0.1) is 0 Å². The highest BCUT2D eigenvalue weighted by Crippen LogP contribution is 2.71. The molecule has 28 heavy (non-hydrogen) atoms. The lowest BCUT2D eigenvalue weighted by atomic mass is 9.41. The van der Waals surface area contributed by atoms with E-state index in [4.69, 9.17) is 4.74 Å². The molecule has 0 aromatic heterocycles. The summed E-state index contributed by atoms with van der Waals surface area (Å²) in [5, 5.41) is 0. The van der Waals surface area contributed by atoms with Crippen LogP contribution in [0.25, 0.3) is 0 Å². The van der Waals surface area contributed by atoms with Crippen LogP contribution in [0.3, 0.4) is 0 Å². The van der Waals surface area contributed by atoms with E-state index in [0.717, 1.165) is 38.5 Å². The van der Waals surface area contributed by atoms with E-state index in [-0.39, 0.29) is 39.7 Å². The maximum Gasteiger partial charge on any atom is 0.306 e. The Hall–Kier alpha value is -1.45. The Labute approximate surface area is 167 Å². The van der Waals surface area contributed by atoms with Crippen LogP contribution in [-0.4, -0.2) is 23.6 Å². The van der Waals surface area contributed by atoms with Gasteiger partial charge in [0.15, 0.2) is 0 Å². The van der Waals surface area contributed by atoms with Gasteiger partial charge in [0, 0.05) is 30.6 Å². The molecule has 7 atom stereocenters. The van der Waals surface area contributed by atoms with Gasteiger partial charge in [-0.2, -0.15) is 0 Å². The van der Waals surface area contributed by atoms with Gasteiger partial charge in [0.2, 0.25) is 0 Å². The van der Waals surface area contributed by atoms with Gasteiger partial charge in [0.1, 0.15) is 17.7 Å². The minimum Gasteiger partial charge on any atom is -0.458 e. The zero-order valence-electron chi connectivity index (χ0n) is 17.4. The molecule has 4 heteroatoms. The first-order valence-corrected chi connectivity index (χ1v) is 11.1. The Balaban J connectivity index is 1.61. The standard InChI is InChI=1S/C24H32O4/c1-21-12-15(14-25)20-17(22(21,2)8-4-16(26)13-21)5-9-23(3)18(20)6-10-24(23)11-7-19(27)28-24/h5,14-15,18,20H,4,6-13H2,1-3H3/t15-,18-,20+,21-,22+,23-,24+/m0/s1. The number of fused-ring (bicyclic) bond motifs is 6. The molecule has 0 aromatic carbocycles. The first-order chi connectivity index (χ1) is 13.2. The van der Waals surface area contributed by atoms with Crippen molar-refractivity contribution in [1.82, 2.24) is 0 Å². The molecule has 1 saturated heterocycles. The van der Waals surface area contributed by atoms with Gasteiger partial charge in [0.25, 0.3) is 0 Å². The number of hydrogen-bond donors (Lipinski definition) is 0. The number of esters is 1. The number of carbonyl (C=O) groups excluding carboxylic acids is 3. The summed E-state index contributed by atoms with van der Waals surface area (Å²) in [5.41, 5.74) is 0.890. The van der Waals surface area contributed by atoms with Crippen LogP contribution >= 0.6 is 0 Å². The molecule has 4 fully saturated rings. The molecule has 0 aromatic rings. The first-order valence-electron chi connectivity index (χ1n) is 11.1. The minimum atomic E-state index is -0.339. The van der Waals surface area contributed by atoms with Gasteiger partial charge < -0.3 is 9.53 Å². The number of rotatable bonds is 1. The van der Waals surface area contributed by atoms with Crippen molar-refractivity contribution in [3.8, 4) is 0 Å². The average Bonchev–Trinajstić information content (AvgIpc) is 3.16. The van der Waals surface area contributed by atoms with Crippen LogP contribution in [0.15, 0.2) is 11.6 Å². The van der Waals surface area contributed by atoms with Gasteiger partial charge in [-0.1, -0.05) is 32.4 Å². The van der Waals surface area contributed by atoms with Gasteiger partial charge in [-0.3, -0.25) is 9.59 Å². The van der Waals surface area contributed by atoms with E-state index in [9.17, 15) is 14.4 Å². The van der Waals surface area contributed by atoms with Crippen LogP contribution in [0.4, 0.5) is 0 Å². The number of Topliss-reactive ketones (excluding diaryl/α,β-unsaturated/α-hetero) is 1. The molecule has 0 N–H and O–H groups in total. The van der Waals surface area contributed by atoms with Crippen molar-refractivity contribution in [2.75, 3.05) is 0 Å². The lowest BCUT2D eigenvalue weighted by Crippen LogP contribution is -2.57. The van der Waals surface area contributed by atoms with Crippen molar-refractivity contribution in [3.05, 3.63) is 11.6 Å². The van der Waals surface area contributed by atoms with Crippen molar-refractivity contribution in [2.24, 2.45) is 34.0 Å². The van der Waals surface area contributed by atoms with Crippen LogP contribution < -0.4 is 0 Å². The highest BCUT2D eigenvalue weighted by atomic mass is 16.6. The third kappa shape index (κ3) is 2.05. The second-order valence-corrected chi connectivity index (χ2v) is 11.0. The lowest BCUT2D eigenvalue weighted by molar-refractivity contribution is -0.162. The predicted molar refractivity (Wildman–Crippen MR) is 104 cm³/mol. The fourth-order valence-electron chi connectivity index (χ4n) is 8.22. The summed E-state index contributed by atoms with van der Waals surface area (Å²) in [6.45, 7) is 6.89. The highest BCUT2D eigenvalue weighted by Gasteiger charge is 2.68. The van der Waals surface area contributed by atoms with Crippen LogP contribution in [0, 0.1) is 34.0 Å². The first kappa shape index (κ1) is 18.6. The molecule has 0 bridgehead atoms. The zero-order valence-corrected chi connectivity index (χ0v) is 17.4. The van der Waals surface area contributed by atoms with E-state index in [2.05, 4.69) is 26.8 Å². The summed E-state index contributed by atoms with van der Waals surface area (Å²) < 4.78 is 6.00. The summed E-state index contributed by atoms with van der Waals surface area (Å²) >= 11 is 0. The average molecular weight is 385 g/mol. The van der Waals surface area contributed by atoms with Crippen molar-refractivity contribution < 1.29 is 19.1 Å². The van der Waals surface area contributed by atoms with E-state index in [0.29, 0.717) is 31.0 Å². The van der Waals surface area contributed by atoms with Crippen molar-refractivity contribution in [1.29, 1.82) is 0 Å².